The third-order valence-corrected chi connectivity index (χ3v) is 3.86. The fraction of sp³-hybridized carbons (Fsp3) is 0.875. The van der Waals surface area contributed by atoms with Gasteiger partial charge in [-0.1, -0.05) is 6.92 Å². The minimum absolute atomic E-state index is 0.00981. The van der Waals surface area contributed by atoms with Crippen molar-refractivity contribution in [2.24, 2.45) is 5.41 Å². The van der Waals surface area contributed by atoms with Gasteiger partial charge in [0.25, 0.3) is 0 Å². The quantitative estimate of drug-likeness (QED) is 0.535. The molecule has 12 heavy (non-hydrogen) atoms. The molecule has 1 fully saturated rings. The van der Waals surface area contributed by atoms with Crippen molar-refractivity contribution in [1.29, 1.82) is 0 Å². The monoisotopic (exact) mass is 288 g/mol. The van der Waals surface area contributed by atoms with E-state index in [-0.39, 0.29) is 16.6 Å². The number of hydrogen-bond acceptors (Lipinski definition) is 1. The molecule has 0 atom stereocenters. The van der Waals surface area contributed by atoms with Crippen LogP contribution in [0.4, 0.5) is 8.78 Å². The van der Waals surface area contributed by atoms with Gasteiger partial charge in [-0.25, -0.2) is 8.78 Å². The highest BCUT2D eigenvalue weighted by Gasteiger charge is 2.43. The smallest absolute Gasteiger partial charge is 0.248 e. The van der Waals surface area contributed by atoms with E-state index >= 15 is 0 Å². The molecular weight excluding hydrogens is 277 g/mol. The first-order valence-electron chi connectivity index (χ1n) is 3.94. The summed E-state index contributed by atoms with van der Waals surface area (Å²) in [5.74, 6) is -2.54. The highest BCUT2D eigenvalue weighted by atomic mass is 127. The standard InChI is InChI=1S/C8H11F2IO/c1-7(6(11)12)2-4-8(9,10)5-3-7/h2-5H2,1H3. The van der Waals surface area contributed by atoms with Gasteiger partial charge in [0.2, 0.25) is 5.92 Å². The van der Waals surface area contributed by atoms with Crippen LogP contribution in [-0.2, 0) is 4.79 Å². The molecule has 0 N–H and O–H groups in total. The van der Waals surface area contributed by atoms with E-state index in [1.54, 1.807) is 29.5 Å². The lowest BCUT2D eigenvalue weighted by atomic mass is 9.75. The molecule has 1 aliphatic carbocycles. The molecule has 1 aliphatic rings. The molecule has 0 spiro atoms. The second-order valence-corrected chi connectivity index (χ2v) is 4.67. The molecule has 0 aromatic rings. The van der Waals surface area contributed by atoms with E-state index in [0.717, 1.165) is 0 Å². The van der Waals surface area contributed by atoms with E-state index in [9.17, 15) is 13.6 Å². The van der Waals surface area contributed by atoms with E-state index in [2.05, 4.69) is 0 Å². The molecule has 0 heterocycles. The van der Waals surface area contributed by atoms with Gasteiger partial charge < -0.3 is 0 Å². The molecule has 0 aromatic heterocycles. The summed E-state index contributed by atoms with van der Waals surface area (Å²) < 4.78 is 25.4. The van der Waals surface area contributed by atoms with Crippen molar-refractivity contribution in [1.82, 2.24) is 0 Å². The fourth-order valence-corrected chi connectivity index (χ4v) is 1.90. The fourth-order valence-electron chi connectivity index (χ4n) is 1.36. The highest BCUT2D eigenvalue weighted by Crippen LogP contribution is 2.44. The van der Waals surface area contributed by atoms with Gasteiger partial charge in [-0.05, 0) is 12.8 Å². The Morgan fingerprint density at radius 3 is 2.00 bits per heavy atom. The SMILES string of the molecule is CC1(C(=O)I)CCC(F)(F)CC1. The Kier molecular flexibility index (Phi) is 2.75. The molecule has 1 nitrogen and oxygen atoms in total. The summed E-state index contributed by atoms with van der Waals surface area (Å²) in [4.78, 5) is 11.1. The molecule has 1 rings (SSSR count). The Bertz CT molecular complexity index is 193. The maximum absolute atomic E-state index is 12.7. The predicted molar refractivity (Wildman–Crippen MR) is 50.5 cm³/mol. The lowest BCUT2D eigenvalue weighted by molar-refractivity contribution is -0.124. The molecule has 70 valence electrons. The molecule has 0 saturated heterocycles. The zero-order chi connectivity index (χ0) is 9.41. The van der Waals surface area contributed by atoms with Crippen LogP contribution in [0.5, 0.6) is 0 Å². The lowest BCUT2D eigenvalue weighted by Crippen LogP contribution is -2.34. The Balaban J connectivity index is 2.62. The number of rotatable bonds is 1. The summed E-state index contributed by atoms with van der Waals surface area (Å²) in [6.07, 6.45) is 0.361. The minimum Gasteiger partial charge on any atom is -0.287 e. The molecule has 1 saturated carbocycles. The van der Waals surface area contributed by atoms with Crippen molar-refractivity contribution < 1.29 is 13.6 Å². The molecule has 0 bridgehead atoms. The zero-order valence-corrected chi connectivity index (χ0v) is 9.03. The van der Waals surface area contributed by atoms with Crippen molar-refractivity contribution in [2.75, 3.05) is 0 Å². The summed E-state index contributed by atoms with van der Waals surface area (Å²) in [6, 6.07) is 0. The first-order valence-corrected chi connectivity index (χ1v) is 5.01. The van der Waals surface area contributed by atoms with E-state index in [1.165, 1.54) is 0 Å². The van der Waals surface area contributed by atoms with E-state index in [0.29, 0.717) is 12.8 Å². The van der Waals surface area contributed by atoms with Crippen LogP contribution in [0.2, 0.25) is 0 Å². The van der Waals surface area contributed by atoms with Gasteiger partial charge in [-0.3, -0.25) is 4.79 Å². The third-order valence-electron chi connectivity index (χ3n) is 2.56. The maximum Gasteiger partial charge on any atom is 0.248 e. The van der Waals surface area contributed by atoms with E-state index in [1.807, 2.05) is 0 Å². The van der Waals surface area contributed by atoms with Crippen molar-refractivity contribution >= 4 is 26.4 Å². The topological polar surface area (TPSA) is 17.1 Å². The molecule has 0 aliphatic heterocycles. The number of alkyl halides is 2. The Morgan fingerprint density at radius 1 is 1.25 bits per heavy atom. The average Bonchev–Trinajstić information content (AvgIpc) is 1.96. The van der Waals surface area contributed by atoms with Crippen molar-refractivity contribution in [2.45, 2.75) is 38.5 Å². The first-order chi connectivity index (χ1) is 5.36. The Morgan fingerprint density at radius 2 is 1.67 bits per heavy atom. The molecule has 0 unspecified atom stereocenters. The Labute approximate surface area is 84.0 Å². The normalized spacial score (nSPS) is 26.7. The lowest BCUT2D eigenvalue weighted by Gasteiger charge is -2.34. The minimum atomic E-state index is -2.54. The highest BCUT2D eigenvalue weighted by molar-refractivity contribution is 14.1. The summed E-state index contributed by atoms with van der Waals surface area (Å²) in [7, 11) is 0. The molecule has 0 amide bonds. The van der Waals surface area contributed by atoms with Crippen LogP contribution in [0.1, 0.15) is 32.6 Å². The van der Waals surface area contributed by atoms with Crippen molar-refractivity contribution in [3.05, 3.63) is 0 Å². The van der Waals surface area contributed by atoms with Gasteiger partial charge in [0.05, 0.1) is 0 Å². The predicted octanol–water partition coefficient (Wildman–Crippen LogP) is 3.16. The van der Waals surface area contributed by atoms with Crippen LogP contribution in [0, 0.1) is 5.41 Å². The largest absolute Gasteiger partial charge is 0.287 e. The van der Waals surface area contributed by atoms with Gasteiger partial charge in [-0.15, -0.1) is 0 Å². The van der Waals surface area contributed by atoms with Crippen LogP contribution in [-0.4, -0.2) is 9.71 Å². The number of hydrogen-bond donors (Lipinski definition) is 0. The first kappa shape index (κ1) is 10.3. The summed E-state index contributed by atoms with van der Waals surface area (Å²) in [6.45, 7) is 1.77. The van der Waals surface area contributed by atoms with Crippen LogP contribution < -0.4 is 0 Å². The van der Waals surface area contributed by atoms with Crippen LogP contribution in [0.3, 0.4) is 0 Å². The number of halogens is 3. The molecular formula is C8H11F2IO. The summed E-state index contributed by atoms with van der Waals surface area (Å²) in [5, 5.41) is 0. The Hall–Kier alpha value is 0.260. The summed E-state index contributed by atoms with van der Waals surface area (Å²) >= 11 is 1.71. The van der Waals surface area contributed by atoms with Gasteiger partial charge in [0.1, 0.15) is 0 Å². The van der Waals surface area contributed by atoms with Crippen molar-refractivity contribution in [3.63, 3.8) is 0 Å². The van der Waals surface area contributed by atoms with Crippen LogP contribution in [0.15, 0.2) is 0 Å². The molecule has 0 radical (unpaired) electrons. The summed E-state index contributed by atoms with van der Waals surface area (Å²) in [5.41, 5.74) is -0.498. The number of carbonyl (C=O) groups excluding carboxylic acids is 1. The second kappa shape index (κ2) is 3.20. The van der Waals surface area contributed by atoms with E-state index in [4.69, 9.17) is 0 Å². The van der Waals surface area contributed by atoms with E-state index < -0.39 is 11.3 Å². The maximum atomic E-state index is 12.7. The van der Waals surface area contributed by atoms with Gasteiger partial charge in [0, 0.05) is 40.8 Å². The molecule has 4 heteroatoms. The molecule has 0 aromatic carbocycles. The number of carbonyl (C=O) groups is 1. The van der Waals surface area contributed by atoms with Gasteiger partial charge in [-0.2, -0.15) is 0 Å². The van der Waals surface area contributed by atoms with Crippen molar-refractivity contribution in [3.8, 4) is 0 Å². The van der Waals surface area contributed by atoms with Gasteiger partial charge in [0.15, 0.2) is 3.79 Å². The van der Waals surface area contributed by atoms with Crippen LogP contribution >= 0.6 is 22.6 Å². The third kappa shape index (κ3) is 2.14. The second-order valence-electron chi connectivity index (χ2n) is 3.69. The zero-order valence-electron chi connectivity index (χ0n) is 6.87. The van der Waals surface area contributed by atoms with Crippen LogP contribution in [0.25, 0.3) is 0 Å². The average molecular weight is 288 g/mol. The van der Waals surface area contributed by atoms with Gasteiger partial charge >= 0.3 is 0 Å².